The third kappa shape index (κ3) is 31.1. The van der Waals surface area contributed by atoms with Crippen LogP contribution in [0.15, 0.2) is 0 Å². The van der Waals surface area contributed by atoms with E-state index in [2.05, 4.69) is 11.7 Å². The average molecular weight is 79.0 g/mol. The topological polar surface area (TPSA) is 52.0 Å². The fraction of sp³-hybridized carbons (Fsp3) is 0. The lowest BCUT2D eigenvalue weighted by Gasteiger charge is -1.27. The molecule has 0 atom stereocenters. The summed E-state index contributed by atoms with van der Waals surface area (Å²) in [7, 11) is 0. The van der Waals surface area contributed by atoms with E-state index in [0.29, 0.717) is 0 Å². The third-order valence-corrected chi connectivity index (χ3v) is 0. The minimum atomic E-state index is 0. The fourth-order valence-electron chi connectivity index (χ4n) is 0. The lowest BCUT2D eigenvalue weighted by Crippen LogP contribution is -2.02. The summed E-state index contributed by atoms with van der Waals surface area (Å²) in [6.45, 7) is 0. The van der Waals surface area contributed by atoms with E-state index in [1.165, 1.54) is 0 Å². The van der Waals surface area contributed by atoms with Crippen LogP contribution >= 0.6 is 0 Å². The van der Waals surface area contributed by atoms with Crippen molar-refractivity contribution in [3.8, 4) is 0 Å². The molecule has 0 aromatic rings. The van der Waals surface area contributed by atoms with E-state index in [4.69, 9.17) is 0 Å². The molecule has 0 rings (SSSR count). The summed E-state index contributed by atoms with van der Waals surface area (Å²) in [5.41, 5.74) is 0. The van der Waals surface area contributed by atoms with E-state index in [-0.39, 0.29) is 22.1 Å². The van der Waals surface area contributed by atoms with Crippen molar-refractivity contribution in [3.63, 3.8) is 0 Å². The van der Waals surface area contributed by atoms with Crippen molar-refractivity contribution in [2.75, 3.05) is 0 Å². The molecule has 3 radical (unpaired) electrons. The highest BCUT2D eigenvalue weighted by Crippen LogP contribution is 0.420. The van der Waals surface area contributed by atoms with Crippen LogP contribution in [0.5, 0.6) is 0 Å². The summed E-state index contributed by atoms with van der Waals surface area (Å²) in [5.74, 6) is 8.00. The Hall–Kier alpha value is 0.382. The Morgan fingerprint density at radius 3 is 1.00 bits per heavy atom. The highest BCUT2D eigenvalue weighted by molar-refractivity contribution is 5.75. The molecule has 0 fully saturated rings. The maximum absolute atomic E-state index is 4.00. The molecule has 0 unspecified atom stereocenters. The van der Waals surface area contributed by atoms with Gasteiger partial charge in [0.15, 0.2) is 0 Å². The number of hydrogen-bond acceptors (Lipinski definition) is 2. The first-order valence-corrected chi connectivity index (χ1v) is 0.333. The Morgan fingerprint density at radius 2 is 1.00 bits per heavy atom. The van der Waals surface area contributed by atoms with Gasteiger partial charge in [-0.05, 0) is 0 Å². The molecule has 0 aliphatic rings. The fourth-order valence-corrected chi connectivity index (χ4v) is 0. The van der Waals surface area contributed by atoms with E-state index in [1.54, 1.807) is 0 Å². The third-order valence-electron chi connectivity index (χ3n) is 0. The van der Waals surface area contributed by atoms with E-state index in [0.717, 1.165) is 0 Å². The van der Waals surface area contributed by atoms with Crippen molar-refractivity contribution in [2.24, 2.45) is 11.7 Å². The van der Waals surface area contributed by atoms with Crippen molar-refractivity contribution in [1.82, 2.24) is 0 Å². The zero-order valence-electron chi connectivity index (χ0n) is 2.14. The largest absolute Gasteiger partial charge is 0.274 e. The summed E-state index contributed by atoms with van der Waals surface area (Å²) in [5, 5.41) is 0. The summed E-state index contributed by atoms with van der Waals surface area (Å²) < 4.78 is 0. The Labute approximate surface area is 34.6 Å². The summed E-state index contributed by atoms with van der Waals surface area (Å²) in [6.07, 6.45) is 0. The van der Waals surface area contributed by atoms with Gasteiger partial charge >= 0.3 is 0 Å². The van der Waals surface area contributed by atoms with Crippen LogP contribution in [0.25, 0.3) is 0 Å². The molecular formula is H5AlFN2. The molecule has 0 saturated carbocycles. The van der Waals surface area contributed by atoms with Gasteiger partial charge < -0.3 is 0 Å². The first kappa shape index (κ1) is 26.2. The second kappa shape index (κ2) is 131. The molecule has 0 heterocycles. The minimum absolute atomic E-state index is 0. The highest BCUT2D eigenvalue weighted by atomic mass is 27.0. The molecule has 0 aromatic heterocycles. The highest BCUT2D eigenvalue weighted by Gasteiger charge is 0.726. The second-order valence-corrected chi connectivity index (χ2v) is 0. The maximum atomic E-state index is 4.00. The zero-order valence-corrected chi connectivity index (χ0v) is 3.29. The Balaban J connectivity index is -0.00000000500. The van der Waals surface area contributed by atoms with Gasteiger partial charge in [-0.2, -0.15) is 0 Å². The van der Waals surface area contributed by atoms with Crippen molar-refractivity contribution in [3.05, 3.63) is 0 Å². The Bertz CT molecular complexity index is 6.00. The zero-order chi connectivity index (χ0) is 2.00. The van der Waals surface area contributed by atoms with Gasteiger partial charge in [-0.15, -0.1) is 0 Å². The molecule has 2 nitrogen and oxygen atoms in total. The summed E-state index contributed by atoms with van der Waals surface area (Å²) in [4.78, 5) is 0. The minimum Gasteiger partial charge on any atom is -0.274 e. The van der Waals surface area contributed by atoms with Crippen LogP contribution in [-0.4, -0.2) is 17.4 Å². The molecule has 0 aliphatic heterocycles. The predicted octanol–water partition coefficient (Wildman–Crippen LogP) is -1.41. The molecule has 4 heteroatoms. The molecule has 0 spiro atoms. The van der Waals surface area contributed by atoms with Crippen LogP contribution in [0, 0.1) is 0 Å². The van der Waals surface area contributed by atoms with Gasteiger partial charge in [-0.25, -0.2) is 0 Å². The lowest BCUT2D eigenvalue weighted by molar-refractivity contribution is 1.11. The Kier molecular flexibility index (Phi) is 861. The number of rotatable bonds is 0. The number of halogens is 1. The number of hydrazine groups is 1. The van der Waals surface area contributed by atoms with Crippen LogP contribution in [0.3, 0.4) is 0 Å². The van der Waals surface area contributed by atoms with Crippen molar-refractivity contribution in [2.45, 2.75) is 0 Å². The predicted molar refractivity (Wildman–Crippen MR) is 16.6 cm³/mol. The smallest absolute Gasteiger partial charge is 0 e. The first-order valence-electron chi connectivity index (χ1n) is 0.333. The Morgan fingerprint density at radius 1 is 1.00 bits per heavy atom. The summed E-state index contributed by atoms with van der Waals surface area (Å²) >= 11 is 0. The monoisotopic (exact) mass is 79.0 g/mol. The van der Waals surface area contributed by atoms with E-state index < -0.39 is 0 Å². The molecule has 0 saturated heterocycles. The lowest BCUT2D eigenvalue weighted by atomic mass is 13.0. The number of nitrogens with two attached hydrogens (primary N) is 2. The molecule has 0 bridgehead atoms. The van der Waals surface area contributed by atoms with Gasteiger partial charge in [0, 0.05) is 17.4 Å². The number of hydrogen-bond donors (Lipinski definition) is 2. The molecular weight excluding hydrogens is 74.0 g/mol. The van der Waals surface area contributed by atoms with Gasteiger partial charge in [0.1, 0.15) is 0 Å². The van der Waals surface area contributed by atoms with Gasteiger partial charge in [0.05, 0.1) is 0 Å². The van der Waals surface area contributed by atoms with E-state index >= 15 is 0 Å². The normalized spacial score (nSPS) is 1.50. The van der Waals surface area contributed by atoms with Crippen LogP contribution < -0.4 is 11.7 Å². The van der Waals surface area contributed by atoms with Crippen LogP contribution in [0.1, 0.15) is 0 Å². The van der Waals surface area contributed by atoms with E-state index in [1.807, 2.05) is 0 Å². The SMILES string of the molecule is F.NN.[Al]. The molecule has 0 aliphatic carbocycles. The summed E-state index contributed by atoms with van der Waals surface area (Å²) in [6, 6.07) is 0. The van der Waals surface area contributed by atoms with Crippen LogP contribution in [0.4, 0.5) is 4.70 Å². The van der Waals surface area contributed by atoms with Crippen molar-refractivity contribution >= 4 is 17.4 Å². The average Bonchev–Trinajstić information content (AvgIpc) is 1.00. The van der Waals surface area contributed by atoms with Crippen molar-refractivity contribution in [1.29, 1.82) is 0 Å². The molecule has 0 amide bonds. The molecule has 4 heavy (non-hydrogen) atoms. The standard InChI is InChI=1S/Al.FH.H4N2/c;;1-2/h;1H;1-2H2. The van der Waals surface area contributed by atoms with Gasteiger partial charge in [-0.1, -0.05) is 0 Å². The van der Waals surface area contributed by atoms with Crippen molar-refractivity contribution < 1.29 is 4.70 Å². The molecule has 25 valence electrons. The maximum Gasteiger partial charge on any atom is 0 e. The molecule has 0 aromatic carbocycles. The molecule has 4 N–H and O–H groups in total. The van der Waals surface area contributed by atoms with Crippen LogP contribution in [0.2, 0.25) is 0 Å². The van der Waals surface area contributed by atoms with Crippen LogP contribution in [-0.2, 0) is 0 Å². The van der Waals surface area contributed by atoms with Gasteiger partial charge in [-0.3, -0.25) is 16.4 Å². The van der Waals surface area contributed by atoms with E-state index in [9.17, 15) is 0 Å². The second-order valence-electron chi connectivity index (χ2n) is 0. The quantitative estimate of drug-likeness (QED) is 0.213. The van der Waals surface area contributed by atoms with Gasteiger partial charge in [0.25, 0.3) is 0 Å². The first-order chi connectivity index (χ1) is 1.00. The van der Waals surface area contributed by atoms with Gasteiger partial charge in [0.2, 0.25) is 0 Å².